The molecule has 0 fully saturated rings. The average molecular weight is 142 g/mol. The third kappa shape index (κ3) is 6.78. The van der Waals surface area contributed by atoms with Gasteiger partial charge in [-0.25, -0.2) is 0 Å². The molecule has 44 valence electrons. The first kappa shape index (κ1) is 4.64. The first-order chi connectivity index (χ1) is 4.16. The molecule has 0 bridgehead atoms. The summed E-state index contributed by atoms with van der Waals surface area (Å²) in [6.07, 6.45) is 0. The van der Waals surface area contributed by atoms with Gasteiger partial charge in [-0.1, -0.05) is 0 Å². The summed E-state index contributed by atoms with van der Waals surface area (Å²) in [5.74, 6) is 0.943. The third-order valence-electron chi connectivity index (χ3n) is 0.466. The second kappa shape index (κ2) is 4.93. The smallest absolute Gasteiger partial charge is 0.126 e. The molecule has 0 spiro atoms. The molecule has 3 N–H and O–H groups in total. The van der Waals surface area contributed by atoms with Gasteiger partial charge in [-0.05, 0) is 30.5 Å². The second-order valence-electron chi connectivity index (χ2n) is 1.24. The van der Waals surface area contributed by atoms with E-state index >= 15 is 0 Å². The van der Waals surface area contributed by atoms with Gasteiger partial charge >= 0.3 is 0 Å². The zero-order valence-corrected chi connectivity index (χ0v) is 6.50. The standard InChI is InChI=1S/C3H12N2P2/c1-5-6-3-7(2)4/h5-6H,3-4H2,1-2H3/i/hT2. The fourth-order valence-electron chi connectivity index (χ4n) is 0.177. The highest BCUT2D eigenvalue weighted by Crippen LogP contribution is 2.26. The molecule has 2 unspecified atom stereocenters. The van der Waals surface area contributed by atoms with Gasteiger partial charge < -0.3 is 10.6 Å². The molecular formula is C3H12N2P2. The summed E-state index contributed by atoms with van der Waals surface area (Å²) in [5, 5.41) is 1.41. The Bertz CT molecular complexity index is 72.8. The van der Waals surface area contributed by atoms with Crippen LogP contribution in [0.5, 0.6) is 0 Å². The summed E-state index contributed by atoms with van der Waals surface area (Å²) < 4.78 is 13.8. The zero-order chi connectivity index (χ0) is 7.28. The number of hydrogen-bond acceptors (Lipinski definition) is 2. The minimum atomic E-state index is -0.344. The molecule has 0 heterocycles. The maximum absolute atomic E-state index is 7.01. The molecular weight excluding hydrogens is 126 g/mol. The highest BCUT2D eigenvalue weighted by molar-refractivity contribution is 7.64. The van der Waals surface area contributed by atoms with Crippen molar-refractivity contribution in [2.75, 3.05) is 19.6 Å². The molecule has 0 saturated carbocycles. The van der Waals surface area contributed by atoms with Crippen molar-refractivity contribution in [2.24, 2.45) is 5.50 Å². The molecule has 7 heavy (non-hydrogen) atoms. The van der Waals surface area contributed by atoms with E-state index < -0.39 is 0 Å². The van der Waals surface area contributed by atoms with Crippen LogP contribution in [-0.2, 0) is 0 Å². The van der Waals surface area contributed by atoms with Gasteiger partial charge in [0, 0.05) is 5.90 Å². The Kier molecular flexibility index (Phi) is 3.27. The maximum Gasteiger partial charge on any atom is 0.126 e. The third-order valence-corrected chi connectivity index (χ3v) is 3.25. The summed E-state index contributed by atoms with van der Waals surface area (Å²) in [6.45, 7) is 2.00. The van der Waals surface area contributed by atoms with Crippen LogP contribution in [0, 0.1) is 0 Å². The Morgan fingerprint density at radius 1 is 2.29 bits per heavy atom. The van der Waals surface area contributed by atoms with Gasteiger partial charge in [0.2, 0.25) is 0 Å². The molecule has 0 aromatic rings. The lowest BCUT2D eigenvalue weighted by Crippen LogP contribution is -1.93. The summed E-state index contributed by atoms with van der Waals surface area (Å²) in [6, 6.07) is 0. The fraction of sp³-hybridized carbons (Fsp3) is 1.00. The van der Waals surface area contributed by atoms with Gasteiger partial charge in [-0.2, -0.15) is 0 Å². The molecule has 0 aromatic carbocycles. The fourth-order valence-corrected chi connectivity index (χ4v) is 1.59. The van der Waals surface area contributed by atoms with Crippen LogP contribution >= 0.6 is 16.8 Å². The van der Waals surface area contributed by atoms with Crippen LogP contribution in [0.3, 0.4) is 0 Å². The Morgan fingerprint density at radius 2 is 3.00 bits per heavy atom. The van der Waals surface area contributed by atoms with Crippen LogP contribution in [0.25, 0.3) is 0 Å². The Hall–Kier alpha value is 0.780. The van der Waals surface area contributed by atoms with Crippen molar-refractivity contribution in [2.45, 2.75) is 0 Å². The Balaban J connectivity index is 3.06. The average Bonchev–Trinajstić information content (AvgIpc) is 1.83. The summed E-state index contributed by atoms with van der Waals surface area (Å²) in [5.41, 5.74) is 2.43. The summed E-state index contributed by atoms with van der Waals surface area (Å²) in [4.78, 5) is 0. The van der Waals surface area contributed by atoms with Crippen LogP contribution in [0.1, 0.15) is 0 Å². The van der Waals surface area contributed by atoms with Crippen LogP contribution in [-0.4, -0.2) is 19.6 Å². The first-order valence-electron chi connectivity index (χ1n) is 2.96. The number of rotatable bonds is 4. The molecule has 0 aromatic heterocycles. The monoisotopic (exact) mass is 142 g/mol. The lowest BCUT2D eigenvalue weighted by molar-refractivity contribution is 1.28. The van der Waals surface area contributed by atoms with Crippen LogP contribution in [0.2, 0.25) is 2.82 Å². The highest BCUT2D eigenvalue weighted by atomic mass is 31.2. The van der Waals surface area contributed by atoms with Crippen molar-refractivity contribution in [3.8, 4) is 0 Å². The molecule has 0 aliphatic rings. The van der Waals surface area contributed by atoms with E-state index in [9.17, 15) is 0 Å². The van der Waals surface area contributed by atoms with Crippen molar-refractivity contribution < 1.29 is 2.82 Å². The van der Waals surface area contributed by atoms with E-state index in [-0.39, 0.29) is 8.07 Å². The Labute approximate surface area is 50.8 Å². The second-order valence-corrected chi connectivity index (χ2v) is 4.66. The van der Waals surface area contributed by atoms with Gasteiger partial charge in [-0.15, -0.1) is 0 Å². The van der Waals surface area contributed by atoms with Crippen molar-refractivity contribution in [3.05, 3.63) is 0 Å². The predicted molar refractivity (Wildman–Crippen MR) is 39.3 cm³/mol. The normalized spacial score (nSPS) is 20.4. The molecule has 0 rings (SSSR count). The number of hydrogen-bond donors (Lipinski definition) is 2. The van der Waals surface area contributed by atoms with Gasteiger partial charge in [0.25, 0.3) is 0 Å². The van der Waals surface area contributed by atoms with E-state index in [4.69, 9.17) is 2.82 Å². The zero-order valence-electron chi connectivity index (χ0n) is 6.60. The number of nitrogens with one attached hydrogen (secondary N) is 1. The van der Waals surface area contributed by atoms with Crippen molar-refractivity contribution in [3.63, 3.8) is 0 Å². The van der Waals surface area contributed by atoms with Crippen molar-refractivity contribution >= 4 is 16.8 Å². The topological polar surface area (TPSA) is 38.0 Å². The van der Waals surface area contributed by atoms with Gasteiger partial charge in [0.15, 0.2) is 0 Å². The van der Waals surface area contributed by atoms with E-state index in [1.165, 1.54) is 5.08 Å². The van der Waals surface area contributed by atoms with Gasteiger partial charge in [0.1, 0.15) is 2.82 Å². The van der Waals surface area contributed by atoms with Crippen molar-refractivity contribution in [1.29, 1.82) is 0 Å². The molecule has 0 amide bonds. The molecule has 0 aliphatic carbocycles. The van der Waals surface area contributed by atoms with Gasteiger partial charge in [0.05, 0.1) is 0 Å². The molecule has 2 nitrogen and oxygen atoms in total. The molecule has 2 atom stereocenters. The highest BCUT2D eigenvalue weighted by Gasteiger charge is 1.87. The number of nitrogens with two attached hydrogens (primary N) is 1. The predicted octanol–water partition coefficient (Wildman–Crippen LogP) is 0.742. The molecule has 0 aliphatic heterocycles. The first-order valence-corrected chi connectivity index (χ1v) is 5.14. The Morgan fingerprint density at radius 3 is 3.43 bits per heavy atom. The van der Waals surface area contributed by atoms with Crippen LogP contribution in [0.15, 0.2) is 0 Å². The maximum atomic E-state index is 7.01. The van der Waals surface area contributed by atoms with E-state index in [1.807, 2.05) is 6.66 Å². The minimum absolute atomic E-state index is 0.344. The molecule has 0 radical (unpaired) electrons. The van der Waals surface area contributed by atoms with E-state index in [0.29, 0.717) is 8.73 Å². The lowest BCUT2D eigenvalue weighted by Gasteiger charge is -2.01. The van der Waals surface area contributed by atoms with Gasteiger partial charge in [-0.3, -0.25) is 0 Å². The SMILES string of the molecule is [3H]NP(C)CPN([3H])C. The lowest BCUT2D eigenvalue weighted by atomic mass is 11.6. The van der Waals surface area contributed by atoms with Crippen LogP contribution in [0.4, 0.5) is 0 Å². The van der Waals surface area contributed by atoms with E-state index in [1.54, 1.807) is 7.05 Å². The summed E-state index contributed by atoms with van der Waals surface area (Å²) in [7, 11) is 1.91. The molecule has 4 heteroatoms. The largest absolute Gasteiger partial charge is 0.310 e. The van der Waals surface area contributed by atoms with E-state index in [0.717, 1.165) is 5.90 Å². The quantitative estimate of drug-likeness (QED) is 0.568. The van der Waals surface area contributed by atoms with Crippen molar-refractivity contribution in [1.82, 2.24) is 5.08 Å². The van der Waals surface area contributed by atoms with Crippen LogP contribution < -0.4 is 10.6 Å². The minimum Gasteiger partial charge on any atom is -0.310 e. The van der Waals surface area contributed by atoms with E-state index in [2.05, 4.69) is 5.50 Å². The summed E-state index contributed by atoms with van der Waals surface area (Å²) >= 11 is 0. The molecule has 0 saturated heterocycles.